The molecule has 0 spiro atoms. The van der Waals surface area contributed by atoms with Crippen LogP contribution >= 0.6 is 0 Å². The molecule has 1 unspecified atom stereocenters. The van der Waals surface area contributed by atoms with Gasteiger partial charge in [0, 0.05) is 21.1 Å². The van der Waals surface area contributed by atoms with Crippen LogP contribution in [0, 0.1) is 0 Å². The smallest absolute Gasteiger partial charge is 0.322 e. The number of carbonyl (C=O) groups is 1. The van der Waals surface area contributed by atoms with Crippen molar-refractivity contribution in [3.05, 3.63) is 0 Å². The Labute approximate surface area is 106 Å². The molecule has 0 saturated heterocycles. The Hall–Kier alpha value is -2.12. The van der Waals surface area contributed by atoms with Gasteiger partial charge in [0.25, 0.3) is 0 Å². The number of methoxy groups -OCH3 is 1. The van der Waals surface area contributed by atoms with Crippen molar-refractivity contribution in [2.45, 2.75) is 13.0 Å². The molecule has 0 bridgehead atoms. The number of amides is 1. The summed E-state index contributed by atoms with van der Waals surface area (Å²) in [6.07, 6.45) is 0. The van der Waals surface area contributed by atoms with Gasteiger partial charge in [-0.2, -0.15) is 15.0 Å². The topological polar surface area (TPSA) is 92.3 Å². The number of nitrogens with zero attached hydrogens (tertiary/aromatic N) is 4. The summed E-state index contributed by atoms with van der Waals surface area (Å²) in [4.78, 5) is 25.3. The zero-order chi connectivity index (χ0) is 13.7. The molecule has 1 atom stereocenters. The number of rotatable bonds is 5. The second-order valence-electron chi connectivity index (χ2n) is 3.82. The van der Waals surface area contributed by atoms with E-state index in [-0.39, 0.29) is 17.9 Å². The molecule has 1 aromatic rings. The summed E-state index contributed by atoms with van der Waals surface area (Å²) in [7, 11) is 6.53. The molecule has 1 heterocycles. The Morgan fingerprint density at radius 1 is 1.28 bits per heavy atom. The number of likely N-dealkylation sites (N-methyl/N-ethyl adjacent to an activating group) is 1. The number of ether oxygens (including phenoxy) is 1. The fourth-order valence-electron chi connectivity index (χ4n) is 1.27. The van der Waals surface area contributed by atoms with Crippen molar-refractivity contribution in [1.29, 1.82) is 0 Å². The second-order valence-corrected chi connectivity index (χ2v) is 3.82. The van der Waals surface area contributed by atoms with Crippen molar-refractivity contribution in [3.63, 3.8) is 0 Å². The summed E-state index contributed by atoms with van der Waals surface area (Å²) < 4.78 is 4.95. The van der Waals surface area contributed by atoms with Crippen LogP contribution in [0.1, 0.15) is 6.92 Å². The summed E-state index contributed by atoms with van der Waals surface area (Å²) in [6.45, 7) is 1.73. The fourth-order valence-corrected chi connectivity index (χ4v) is 1.27. The lowest BCUT2D eigenvalue weighted by atomic mass is 10.3. The highest BCUT2D eigenvalue weighted by atomic mass is 16.5. The standard InChI is InChI=1S/C10H18N6O2/c1-6(7(17)16(3)4)12-9-13-8(11-2)14-10(15-9)18-5/h6H,1-5H3,(H2,11,12,13,14,15). The second kappa shape index (κ2) is 5.99. The van der Waals surface area contributed by atoms with E-state index in [1.165, 1.54) is 12.0 Å². The lowest BCUT2D eigenvalue weighted by Gasteiger charge is -2.18. The third kappa shape index (κ3) is 3.44. The minimum atomic E-state index is -0.434. The zero-order valence-electron chi connectivity index (χ0n) is 11.2. The SMILES string of the molecule is CNc1nc(NC(C)C(=O)N(C)C)nc(OC)n1. The van der Waals surface area contributed by atoms with E-state index in [0.717, 1.165) is 0 Å². The number of hydrogen-bond acceptors (Lipinski definition) is 7. The van der Waals surface area contributed by atoms with Crippen LogP contribution in [-0.4, -0.2) is 60.1 Å². The van der Waals surface area contributed by atoms with E-state index in [1.54, 1.807) is 28.1 Å². The van der Waals surface area contributed by atoms with Gasteiger partial charge in [0.15, 0.2) is 0 Å². The maximum atomic E-state index is 11.7. The van der Waals surface area contributed by atoms with E-state index < -0.39 is 6.04 Å². The lowest BCUT2D eigenvalue weighted by Crippen LogP contribution is -2.37. The van der Waals surface area contributed by atoms with Gasteiger partial charge in [-0.3, -0.25) is 4.79 Å². The van der Waals surface area contributed by atoms with E-state index in [9.17, 15) is 4.79 Å². The van der Waals surface area contributed by atoms with Gasteiger partial charge in [0.1, 0.15) is 6.04 Å². The zero-order valence-corrected chi connectivity index (χ0v) is 11.2. The Bertz CT molecular complexity index is 401. The highest BCUT2D eigenvalue weighted by Gasteiger charge is 2.16. The predicted molar refractivity (Wildman–Crippen MR) is 67.7 cm³/mol. The average molecular weight is 254 g/mol. The van der Waals surface area contributed by atoms with E-state index in [4.69, 9.17) is 4.74 Å². The summed E-state index contributed by atoms with van der Waals surface area (Å²) in [6, 6.07) is -0.252. The summed E-state index contributed by atoms with van der Waals surface area (Å²) in [5, 5.41) is 5.69. The Morgan fingerprint density at radius 2 is 1.89 bits per heavy atom. The monoisotopic (exact) mass is 254 g/mol. The van der Waals surface area contributed by atoms with Gasteiger partial charge in [0.2, 0.25) is 17.8 Å². The molecular weight excluding hydrogens is 236 g/mol. The van der Waals surface area contributed by atoms with Gasteiger partial charge >= 0.3 is 6.01 Å². The molecule has 100 valence electrons. The number of nitrogens with one attached hydrogen (secondary N) is 2. The minimum Gasteiger partial charge on any atom is -0.467 e. The Kier molecular flexibility index (Phi) is 4.64. The largest absolute Gasteiger partial charge is 0.467 e. The molecule has 1 amide bonds. The highest BCUT2D eigenvalue weighted by Crippen LogP contribution is 2.11. The van der Waals surface area contributed by atoms with Crippen molar-refractivity contribution in [3.8, 4) is 6.01 Å². The first-order valence-electron chi connectivity index (χ1n) is 5.43. The van der Waals surface area contributed by atoms with E-state index in [2.05, 4.69) is 25.6 Å². The molecule has 0 fully saturated rings. The quantitative estimate of drug-likeness (QED) is 0.752. The molecular formula is C10H18N6O2. The molecule has 0 radical (unpaired) electrons. The predicted octanol–water partition coefficient (Wildman–Crippen LogP) is -0.190. The van der Waals surface area contributed by atoms with Crippen LogP contribution < -0.4 is 15.4 Å². The van der Waals surface area contributed by atoms with Gasteiger partial charge in [-0.25, -0.2) is 0 Å². The van der Waals surface area contributed by atoms with Gasteiger partial charge in [-0.1, -0.05) is 0 Å². The maximum absolute atomic E-state index is 11.7. The van der Waals surface area contributed by atoms with E-state index in [0.29, 0.717) is 5.95 Å². The number of aromatic nitrogens is 3. The highest BCUT2D eigenvalue weighted by molar-refractivity contribution is 5.83. The van der Waals surface area contributed by atoms with Crippen LogP contribution in [0.3, 0.4) is 0 Å². The van der Waals surface area contributed by atoms with Crippen molar-refractivity contribution in [1.82, 2.24) is 19.9 Å². The van der Waals surface area contributed by atoms with Crippen LogP contribution in [0.2, 0.25) is 0 Å². The third-order valence-electron chi connectivity index (χ3n) is 2.18. The molecule has 0 saturated carbocycles. The first-order valence-corrected chi connectivity index (χ1v) is 5.43. The molecule has 0 aliphatic rings. The lowest BCUT2D eigenvalue weighted by molar-refractivity contribution is -0.129. The number of hydrogen-bond donors (Lipinski definition) is 2. The van der Waals surface area contributed by atoms with E-state index in [1.807, 2.05) is 0 Å². The molecule has 0 aliphatic heterocycles. The van der Waals surface area contributed by atoms with Crippen molar-refractivity contribution in [2.75, 3.05) is 38.9 Å². The van der Waals surface area contributed by atoms with Crippen molar-refractivity contribution < 1.29 is 9.53 Å². The molecule has 1 rings (SSSR count). The van der Waals surface area contributed by atoms with Crippen molar-refractivity contribution >= 4 is 17.8 Å². The normalized spacial score (nSPS) is 11.6. The fraction of sp³-hybridized carbons (Fsp3) is 0.600. The molecule has 0 aromatic carbocycles. The number of carbonyl (C=O) groups excluding carboxylic acids is 1. The summed E-state index contributed by atoms with van der Waals surface area (Å²) in [5.74, 6) is 0.586. The maximum Gasteiger partial charge on any atom is 0.322 e. The number of anilines is 2. The minimum absolute atomic E-state index is 0.0691. The first kappa shape index (κ1) is 13.9. The van der Waals surface area contributed by atoms with Crippen LogP contribution in [0.15, 0.2) is 0 Å². The first-order chi connectivity index (χ1) is 8.47. The van der Waals surface area contributed by atoms with Gasteiger partial charge < -0.3 is 20.3 Å². The van der Waals surface area contributed by atoms with Crippen LogP contribution in [0.25, 0.3) is 0 Å². The molecule has 2 N–H and O–H groups in total. The molecule has 8 nitrogen and oxygen atoms in total. The van der Waals surface area contributed by atoms with Gasteiger partial charge in [0.05, 0.1) is 7.11 Å². The van der Waals surface area contributed by atoms with Crippen LogP contribution in [0.5, 0.6) is 6.01 Å². The Balaban J connectivity index is 2.86. The summed E-state index contributed by atoms with van der Waals surface area (Å²) >= 11 is 0. The van der Waals surface area contributed by atoms with Crippen LogP contribution in [-0.2, 0) is 4.79 Å². The summed E-state index contributed by atoms with van der Waals surface area (Å²) in [5.41, 5.74) is 0. The average Bonchev–Trinajstić information content (AvgIpc) is 2.36. The van der Waals surface area contributed by atoms with Crippen molar-refractivity contribution in [2.24, 2.45) is 0 Å². The van der Waals surface area contributed by atoms with Crippen LogP contribution in [0.4, 0.5) is 11.9 Å². The molecule has 1 aromatic heterocycles. The molecule has 0 aliphatic carbocycles. The van der Waals surface area contributed by atoms with Gasteiger partial charge in [-0.15, -0.1) is 0 Å². The molecule has 18 heavy (non-hydrogen) atoms. The van der Waals surface area contributed by atoms with E-state index >= 15 is 0 Å². The Morgan fingerprint density at radius 3 is 2.39 bits per heavy atom. The van der Waals surface area contributed by atoms with Gasteiger partial charge in [-0.05, 0) is 6.92 Å². The molecule has 8 heteroatoms. The third-order valence-corrected chi connectivity index (χ3v) is 2.18.